The van der Waals surface area contributed by atoms with E-state index >= 15 is 0 Å². The van der Waals surface area contributed by atoms with Crippen molar-refractivity contribution < 1.29 is 17.9 Å². The van der Waals surface area contributed by atoms with Gasteiger partial charge in [-0.2, -0.15) is 0 Å². The van der Waals surface area contributed by atoms with Gasteiger partial charge in [0.15, 0.2) is 0 Å². The summed E-state index contributed by atoms with van der Waals surface area (Å²) >= 11 is 1.67. The third-order valence-corrected chi connectivity index (χ3v) is 7.08. The van der Waals surface area contributed by atoms with Gasteiger partial charge in [0.2, 0.25) is 5.91 Å². The molecule has 8 heteroatoms. The van der Waals surface area contributed by atoms with Crippen molar-refractivity contribution in [3.8, 4) is 5.75 Å². The quantitative estimate of drug-likeness (QED) is 0.869. The molecule has 2 aliphatic rings. The van der Waals surface area contributed by atoms with E-state index in [9.17, 15) is 13.2 Å². The molecule has 6 nitrogen and oxygen atoms in total. The highest BCUT2D eigenvalue weighted by Crippen LogP contribution is 2.46. The van der Waals surface area contributed by atoms with Crippen LogP contribution in [0.15, 0.2) is 46.2 Å². The second-order valence-corrected chi connectivity index (χ2v) is 9.47. The number of ether oxygens (including phenoxy) is 1. The first kappa shape index (κ1) is 17.2. The Morgan fingerprint density at radius 1 is 1.27 bits per heavy atom. The fourth-order valence-electron chi connectivity index (χ4n) is 3.38. The van der Waals surface area contributed by atoms with Crippen LogP contribution in [-0.4, -0.2) is 33.2 Å². The van der Waals surface area contributed by atoms with Crippen molar-refractivity contribution >= 4 is 39.1 Å². The smallest absolute Gasteiger partial charge is 0.262 e. The highest BCUT2D eigenvalue weighted by atomic mass is 32.2. The Kier molecular flexibility index (Phi) is 4.11. The van der Waals surface area contributed by atoms with Crippen LogP contribution >= 0.6 is 11.8 Å². The van der Waals surface area contributed by atoms with Crippen molar-refractivity contribution in [3.05, 3.63) is 42.0 Å². The number of carbonyl (C=O) groups excluding carboxylic acids is 1. The molecular weight excluding hydrogens is 372 g/mol. The molecule has 4 rings (SSSR count). The van der Waals surface area contributed by atoms with Crippen molar-refractivity contribution in [2.24, 2.45) is 0 Å². The molecule has 26 heavy (non-hydrogen) atoms. The van der Waals surface area contributed by atoms with E-state index in [1.165, 1.54) is 7.11 Å². The lowest BCUT2D eigenvalue weighted by molar-refractivity contribution is -0.117. The minimum Gasteiger partial charge on any atom is -0.497 e. The van der Waals surface area contributed by atoms with Gasteiger partial charge >= 0.3 is 0 Å². The molecule has 2 aromatic rings. The highest BCUT2D eigenvalue weighted by molar-refractivity contribution is 8.00. The predicted molar refractivity (Wildman–Crippen MR) is 102 cm³/mol. The highest BCUT2D eigenvalue weighted by Gasteiger charge is 2.38. The van der Waals surface area contributed by atoms with Gasteiger partial charge < -0.3 is 9.64 Å². The van der Waals surface area contributed by atoms with Gasteiger partial charge in [0.25, 0.3) is 10.0 Å². The van der Waals surface area contributed by atoms with Crippen LogP contribution in [0.1, 0.15) is 12.5 Å². The summed E-state index contributed by atoms with van der Waals surface area (Å²) in [6.07, 6.45) is 0.116. The van der Waals surface area contributed by atoms with E-state index in [-0.39, 0.29) is 22.5 Å². The lowest BCUT2D eigenvalue weighted by Crippen LogP contribution is -2.35. The Labute approximate surface area is 156 Å². The molecule has 1 atom stereocenters. The molecule has 2 aromatic carbocycles. The molecule has 0 saturated heterocycles. The number of amides is 1. The minimum absolute atomic E-state index is 0.0440. The zero-order valence-corrected chi connectivity index (χ0v) is 16.0. The molecule has 2 heterocycles. The van der Waals surface area contributed by atoms with E-state index < -0.39 is 10.0 Å². The first-order valence-electron chi connectivity index (χ1n) is 8.19. The van der Waals surface area contributed by atoms with Gasteiger partial charge in [-0.3, -0.25) is 9.52 Å². The molecule has 0 spiro atoms. The average Bonchev–Trinajstić information content (AvgIpc) is 2.92. The molecule has 0 aliphatic carbocycles. The number of hydrogen-bond acceptors (Lipinski definition) is 5. The maximum Gasteiger partial charge on any atom is 0.262 e. The summed E-state index contributed by atoms with van der Waals surface area (Å²) in [6.45, 7) is 2.67. The Hall–Kier alpha value is -2.19. The summed E-state index contributed by atoms with van der Waals surface area (Å²) in [6, 6.07) is 10.1. The maximum absolute atomic E-state index is 13.0. The Morgan fingerprint density at radius 2 is 2.08 bits per heavy atom. The SMILES string of the molecule is COc1cccc(NS(=O)(=O)c2ccc3c4c2CC(=O)N4CC(C)S3)c1. The zero-order chi connectivity index (χ0) is 18.5. The largest absolute Gasteiger partial charge is 0.497 e. The Balaban J connectivity index is 1.76. The second-order valence-electron chi connectivity index (χ2n) is 6.34. The van der Waals surface area contributed by atoms with Gasteiger partial charge in [0, 0.05) is 28.3 Å². The summed E-state index contributed by atoms with van der Waals surface area (Å²) in [5.74, 6) is 0.518. The lowest BCUT2D eigenvalue weighted by Gasteiger charge is -2.29. The first-order chi connectivity index (χ1) is 12.4. The Bertz CT molecular complexity index is 1000. The third-order valence-electron chi connectivity index (χ3n) is 4.48. The maximum atomic E-state index is 13.0. The summed E-state index contributed by atoms with van der Waals surface area (Å²) in [5.41, 5.74) is 1.76. The van der Waals surface area contributed by atoms with Gasteiger partial charge in [-0.1, -0.05) is 13.0 Å². The van der Waals surface area contributed by atoms with Crippen LogP contribution in [0.25, 0.3) is 0 Å². The van der Waals surface area contributed by atoms with Crippen LogP contribution in [0.2, 0.25) is 0 Å². The fraction of sp³-hybridized carbons (Fsp3) is 0.278. The summed E-state index contributed by atoms with van der Waals surface area (Å²) in [7, 11) is -2.29. The van der Waals surface area contributed by atoms with Crippen molar-refractivity contribution in [3.63, 3.8) is 0 Å². The van der Waals surface area contributed by atoms with E-state index in [1.54, 1.807) is 53.1 Å². The predicted octanol–water partition coefficient (Wildman–Crippen LogP) is 2.88. The van der Waals surface area contributed by atoms with Gasteiger partial charge in [0.05, 0.1) is 29.8 Å². The summed E-state index contributed by atoms with van der Waals surface area (Å²) in [4.78, 5) is 15.2. The van der Waals surface area contributed by atoms with E-state index in [1.807, 2.05) is 0 Å². The van der Waals surface area contributed by atoms with E-state index in [2.05, 4.69) is 11.6 Å². The van der Waals surface area contributed by atoms with Gasteiger partial charge in [-0.25, -0.2) is 8.42 Å². The molecule has 0 fully saturated rings. The zero-order valence-electron chi connectivity index (χ0n) is 14.4. The van der Waals surface area contributed by atoms with Gasteiger partial charge in [0.1, 0.15) is 5.75 Å². The number of benzene rings is 2. The number of anilines is 2. The lowest BCUT2D eigenvalue weighted by atomic mass is 10.1. The topological polar surface area (TPSA) is 75.7 Å². The van der Waals surface area contributed by atoms with Crippen molar-refractivity contribution in [1.29, 1.82) is 0 Å². The van der Waals surface area contributed by atoms with Gasteiger partial charge in [-0.05, 0) is 24.3 Å². The molecule has 0 bridgehead atoms. The molecule has 1 amide bonds. The van der Waals surface area contributed by atoms with Crippen molar-refractivity contribution in [2.45, 2.75) is 28.4 Å². The summed E-state index contributed by atoms with van der Waals surface area (Å²) in [5, 5.41) is 0.287. The number of nitrogens with zero attached hydrogens (tertiary/aromatic N) is 1. The fourth-order valence-corrected chi connectivity index (χ4v) is 5.82. The van der Waals surface area contributed by atoms with Crippen molar-refractivity contribution in [1.82, 2.24) is 0 Å². The first-order valence-corrected chi connectivity index (χ1v) is 10.5. The standard InChI is InChI=1S/C18H18N2O4S2/c1-11-10-20-17(21)9-14-16(7-6-15(25-11)18(14)20)26(22,23)19-12-4-3-5-13(8-12)24-2/h3-8,11,19H,9-10H2,1-2H3. The summed E-state index contributed by atoms with van der Waals surface area (Å²) < 4.78 is 33.7. The number of thioether (sulfide) groups is 1. The molecule has 136 valence electrons. The number of rotatable bonds is 4. The number of nitrogens with one attached hydrogen (secondary N) is 1. The second kappa shape index (κ2) is 6.21. The van der Waals surface area contributed by atoms with E-state index in [4.69, 9.17) is 4.74 Å². The van der Waals surface area contributed by atoms with Crippen LogP contribution in [-0.2, 0) is 21.2 Å². The number of sulfonamides is 1. The molecule has 0 saturated carbocycles. The molecule has 0 radical (unpaired) electrons. The average molecular weight is 390 g/mol. The monoisotopic (exact) mass is 390 g/mol. The third kappa shape index (κ3) is 2.83. The van der Waals surface area contributed by atoms with E-state index in [0.717, 1.165) is 10.6 Å². The van der Waals surface area contributed by atoms with Crippen LogP contribution in [0.5, 0.6) is 5.75 Å². The van der Waals surface area contributed by atoms with Crippen LogP contribution in [0, 0.1) is 0 Å². The van der Waals surface area contributed by atoms with Gasteiger partial charge in [-0.15, -0.1) is 11.8 Å². The molecule has 1 unspecified atom stereocenters. The Morgan fingerprint density at radius 3 is 2.85 bits per heavy atom. The van der Waals surface area contributed by atoms with Crippen molar-refractivity contribution in [2.75, 3.05) is 23.3 Å². The van der Waals surface area contributed by atoms with Crippen LogP contribution in [0.4, 0.5) is 11.4 Å². The molecular formula is C18H18N2O4S2. The van der Waals surface area contributed by atoms with Crippen LogP contribution in [0.3, 0.4) is 0 Å². The number of methoxy groups -OCH3 is 1. The molecule has 0 aromatic heterocycles. The molecule has 2 aliphatic heterocycles. The normalized spacial score (nSPS) is 18.6. The van der Waals surface area contributed by atoms with Crippen LogP contribution < -0.4 is 14.4 Å². The molecule has 1 N–H and O–H groups in total. The number of carbonyl (C=O) groups is 1. The number of hydrogen-bond donors (Lipinski definition) is 1. The van der Waals surface area contributed by atoms with E-state index in [0.29, 0.717) is 23.5 Å². The minimum atomic E-state index is -3.82.